The molecular weight excluding hydrogens is 252 g/mol. The second-order valence-corrected chi connectivity index (χ2v) is 5.91. The van der Waals surface area contributed by atoms with Gasteiger partial charge in [0.25, 0.3) is 0 Å². The zero-order valence-electron chi connectivity index (χ0n) is 12.3. The van der Waals surface area contributed by atoms with Crippen LogP contribution in [0, 0.1) is 0 Å². The van der Waals surface area contributed by atoms with Gasteiger partial charge in [-0.05, 0) is 37.7 Å². The van der Waals surface area contributed by atoms with Crippen LogP contribution in [0.25, 0.3) is 0 Å². The number of carbonyl (C=O) groups is 1. The number of fused-ring (bicyclic) bond motifs is 1. The molecule has 0 bridgehead atoms. The number of piperazine rings is 1. The van der Waals surface area contributed by atoms with E-state index < -0.39 is 0 Å². The van der Waals surface area contributed by atoms with Crippen molar-refractivity contribution in [2.24, 2.45) is 0 Å². The van der Waals surface area contributed by atoms with Crippen LogP contribution in [-0.2, 0) is 6.42 Å². The van der Waals surface area contributed by atoms with Crippen LogP contribution in [-0.4, -0.2) is 61.5 Å². The summed E-state index contributed by atoms with van der Waals surface area (Å²) in [4.78, 5) is 17.0. The molecule has 2 aliphatic rings. The molecule has 1 unspecified atom stereocenters. The maximum absolute atomic E-state index is 12.4. The molecule has 2 aliphatic heterocycles. The third kappa shape index (κ3) is 2.72. The molecule has 0 aromatic heterocycles. The normalized spacial score (nSPS) is 23.4. The van der Waals surface area contributed by atoms with Crippen LogP contribution < -0.4 is 4.74 Å². The summed E-state index contributed by atoms with van der Waals surface area (Å²) in [5, 5.41) is 0. The predicted molar refractivity (Wildman–Crippen MR) is 78.5 cm³/mol. The van der Waals surface area contributed by atoms with Crippen LogP contribution in [0.4, 0.5) is 0 Å². The Morgan fingerprint density at radius 3 is 3.05 bits per heavy atom. The molecule has 1 atom stereocenters. The maximum atomic E-state index is 12.4. The fourth-order valence-corrected chi connectivity index (χ4v) is 2.92. The first-order chi connectivity index (χ1) is 9.63. The standard InChI is InChI=1S/C16H22N2O2/c1-12-10-18(7-6-17(12)2)11-15(19)13-3-4-16-14(9-13)5-8-20-16/h3-4,9,12H,5-8,10-11H2,1-2H3. The minimum absolute atomic E-state index is 0.219. The van der Waals surface area contributed by atoms with Crippen molar-refractivity contribution in [1.29, 1.82) is 0 Å². The van der Waals surface area contributed by atoms with Crippen LogP contribution in [0.5, 0.6) is 5.75 Å². The van der Waals surface area contributed by atoms with E-state index in [2.05, 4.69) is 23.8 Å². The molecule has 108 valence electrons. The zero-order chi connectivity index (χ0) is 14.1. The lowest BCUT2D eigenvalue weighted by Crippen LogP contribution is -2.51. The van der Waals surface area contributed by atoms with Gasteiger partial charge in [0.1, 0.15) is 5.75 Å². The van der Waals surface area contributed by atoms with E-state index in [0.29, 0.717) is 12.6 Å². The van der Waals surface area contributed by atoms with Gasteiger partial charge in [-0.2, -0.15) is 0 Å². The average Bonchev–Trinajstić information content (AvgIpc) is 2.90. The first-order valence-corrected chi connectivity index (χ1v) is 7.35. The Balaban J connectivity index is 1.65. The number of Topliss-reactive ketones (excluding diaryl/α,β-unsaturated/α-hetero) is 1. The summed E-state index contributed by atoms with van der Waals surface area (Å²) in [6.45, 7) is 6.45. The SMILES string of the molecule is CC1CN(CC(=O)c2ccc3c(c2)CCO3)CCN1C. The van der Waals surface area contributed by atoms with E-state index in [4.69, 9.17) is 4.74 Å². The molecule has 4 nitrogen and oxygen atoms in total. The number of ketones is 1. The predicted octanol–water partition coefficient (Wildman–Crippen LogP) is 1.44. The van der Waals surface area contributed by atoms with E-state index >= 15 is 0 Å². The molecule has 0 aliphatic carbocycles. The van der Waals surface area contributed by atoms with Crippen molar-refractivity contribution in [1.82, 2.24) is 9.80 Å². The van der Waals surface area contributed by atoms with Gasteiger partial charge in [0.2, 0.25) is 0 Å². The Morgan fingerprint density at radius 1 is 1.40 bits per heavy atom. The molecule has 0 amide bonds. The Bertz CT molecular complexity index is 515. The molecule has 1 aromatic rings. The first kappa shape index (κ1) is 13.6. The fraction of sp³-hybridized carbons (Fsp3) is 0.562. The summed E-state index contributed by atoms with van der Waals surface area (Å²) >= 11 is 0. The third-order valence-corrected chi connectivity index (χ3v) is 4.42. The number of likely N-dealkylation sites (N-methyl/N-ethyl adjacent to an activating group) is 1. The summed E-state index contributed by atoms with van der Waals surface area (Å²) in [6, 6.07) is 6.35. The summed E-state index contributed by atoms with van der Waals surface area (Å²) < 4.78 is 5.48. The minimum atomic E-state index is 0.219. The summed E-state index contributed by atoms with van der Waals surface area (Å²) in [6.07, 6.45) is 0.919. The third-order valence-electron chi connectivity index (χ3n) is 4.42. The number of benzene rings is 1. The molecule has 3 rings (SSSR count). The van der Waals surface area contributed by atoms with Crippen molar-refractivity contribution in [2.75, 3.05) is 39.8 Å². The number of ether oxygens (including phenoxy) is 1. The highest BCUT2D eigenvalue weighted by Crippen LogP contribution is 2.26. The van der Waals surface area contributed by atoms with Crippen LogP contribution in [0.3, 0.4) is 0 Å². The maximum Gasteiger partial charge on any atom is 0.176 e. The lowest BCUT2D eigenvalue weighted by atomic mass is 10.0. The number of rotatable bonds is 3. The molecule has 1 aromatic carbocycles. The minimum Gasteiger partial charge on any atom is -0.493 e. The summed E-state index contributed by atoms with van der Waals surface area (Å²) in [5.41, 5.74) is 1.99. The first-order valence-electron chi connectivity index (χ1n) is 7.35. The Labute approximate surface area is 120 Å². The van der Waals surface area contributed by atoms with Gasteiger partial charge in [0.05, 0.1) is 13.2 Å². The summed E-state index contributed by atoms with van der Waals surface area (Å²) in [7, 11) is 2.14. The summed E-state index contributed by atoms with van der Waals surface area (Å²) in [5.74, 6) is 1.16. The monoisotopic (exact) mass is 274 g/mol. The molecule has 1 fully saturated rings. The van der Waals surface area contributed by atoms with E-state index in [0.717, 1.165) is 44.0 Å². The Hall–Kier alpha value is -1.39. The van der Waals surface area contributed by atoms with Crippen molar-refractivity contribution in [3.8, 4) is 5.75 Å². The highest BCUT2D eigenvalue weighted by atomic mass is 16.5. The smallest absolute Gasteiger partial charge is 0.176 e. The molecule has 0 saturated carbocycles. The highest BCUT2D eigenvalue weighted by Gasteiger charge is 2.23. The largest absolute Gasteiger partial charge is 0.493 e. The molecule has 0 spiro atoms. The van der Waals surface area contributed by atoms with E-state index in [9.17, 15) is 4.79 Å². The Morgan fingerprint density at radius 2 is 2.25 bits per heavy atom. The van der Waals surface area contributed by atoms with Crippen molar-refractivity contribution < 1.29 is 9.53 Å². The topological polar surface area (TPSA) is 32.8 Å². The molecule has 4 heteroatoms. The van der Waals surface area contributed by atoms with Gasteiger partial charge in [0.15, 0.2) is 5.78 Å². The Kier molecular flexibility index (Phi) is 3.76. The number of nitrogens with zero attached hydrogens (tertiary/aromatic N) is 2. The van der Waals surface area contributed by atoms with Crippen LogP contribution in [0.1, 0.15) is 22.8 Å². The fourth-order valence-electron chi connectivity index (χ4n) is 2.92. The van der Waals surface area contributed by atoms with Crippen LogP contribution in [0.2, 0.25) is 0 Å². The molecular formula is C16H22N2O2. The van der Waals surface area contributed by atoms with Gasteiger partial charge >= 0.3 is 0 Å². The van der Waals surface area contributed by atoms with Gasteiger partial charge < -0.3 is 9.64 Å². The van der Waals surface area contributed by atoms with E-state index in [1.165, 1.54) is 5.56 Å². The number of carbonyl (C=O) groups excluding carboxylic acids is 1. The van der Waals surface area contributed by atoms with E-state index in [1.807, 2.05) is 18.2 Å². The lowest BCUT2D eigenvalue weighted by Gasteiger charge is -2.37. The molecule has 2 heterocycles. The molecule has 0 radical (unpaired) electrons. The van der Waals surface area contributed by atoms with Crippen molar-refractivity contribution >= 4 is 5.78 Å². The number of hydrogen-bond donors (Lipinski definition) is 0. The van der Waals surface area contributed by atoms with Crippen LogP contribution >= 0.6 is 0 Å². The average molecular weight is 274 g/mol. The van der Waals surface area contributed by atoms with Crippen LogP contribution in [0.15, 0.2) is 18.2 Å². The zero-order valence-corrected chi connectivity index (χ0v) is 12.3. The molecule has 20 heavy (non-hydrogen) atoms. The molecule has 0 N–H and O–H groups in total. The quantitative estimate of drug-likeness (QED) is 0.781. The highest BCUT2D eigenvalue weighted by molar-refractivity contribution is 5.98. The van der Waals surface area contributed by atoms with E-state index in [1.54, 1.807) is 0 Å². The second-order valence-electron chi connectivity index (χ2n) is 5.91. The van der Waals surface area contributed by atoms with Gasteiger partial charge in [0, 0.05) is 37.7 Å². The molecule has 1 saturated heterocycles. The van der Waals surface area contributed by atoms with Gasteiger partial charge in [-0.15, -0.1) is 0 Å². The van der Waals surface area contributed by atoms with E-state index in [-0.39, 0.29) is 5.78 Å². The lowest BCUT2D eigenvalue weighted by molar-refractivity contribution is 0.0786. The second kappa shape index (κ2) is 5.54. The van der Waals surface area contributed by atoms with Gasteiger partial charge in [-0.25, -0.2) is 0 Å². The van der Waals surface area contributed by atoms with Gasteiger partial charge in [-0.3, -0.25) is 9.69 Å². The van der Waals surface area contributed by atoms with Crippen molar-refractivity contribution in [3.05, 3.63) is 29.3 Å². The van der Waals surface area contributed by atoms with Crippen molar-refractivity contribution in [3.63, 3.8) is 0 Å². The van der Waals surface area contributed by atoms with Gasteiger partial charge in [-0.1, -0.05) is 0 Å². The van der Waals surface area contributed by atoms with Crippen molar-refractivity contribution in [2.45, 2.75) is 19.4 Å². The number of hydrogen-bond acceptors (Lipinski definition) is 4.